The molecule has 16 heavy (non-hydrogen) atoms. The molecule has 0 aromatic carbocycles. The number of nitrogens with one attached hydrogen (secondary N) is 1. The van der Waals surface area contributed by atoms with Gasteiger partial charge < -0.3 is 10.1 Å². The van der Waals surface area contributed by atoms with E-state index in [-0.39, 0.29) is 17.4 Å². The number of ether oxygens (including phenoxy) is 1. The molecule has 1 N–H and O–H groups in total. The van der Waals surface area contributed by atoms with Gasteiger partial charge in [0, 0.05) is 11.6 Å². The monoisotopic (exact) mass is 240 g/mol. The van der Waals surface area contributed by atoms with Crippen molar-refractivity contribution in [2.24, 2.45) is 5.41 Å². The van der Waals surface area contributed by atoms with Gasteiger partial charge in [-0.25, -0.2) is 4.98 Å². The molecule has 1 aromatic heterocycles. The van der Waals surface area contributed by atoms with E-state index in [2.05, 4.69) is 10.3 Å². The topological polar surface area (TPSA) is 51.2 Å². The van der Waals surface area contributed by atoms with E-state index < -0.39 is 0 Å². The molecule has 0 spiro atoms. The Hall–Kier alpha value is -0.940. The first-order chi connectivity index (χ1) is 7.65. The Morgan fingerprint density at radius 1 is 1.75 bits per heavy atom. The number of hydrogen-bond donors (Lipinski definition) is 1. The van der Waals surface area contributed by atoms with Gasteiger partial charge in [0.05, 0.1) is 24.7 Å². The van der Waals surface area contributed by atoms with Crippen LogP contribution in [0, 0.1) is 5.41 Å². The fourth-order valence-electron chi connectivity index (χ4n) is 1.62. The van der Waals surface area contributed by atoms with Crippen LogP contribution in [-0.4, -0.2) is 24.1 Å². The molecule has 88 valence electrons. The summed E-state index contributed by atoms with van der Waals surface area (Å²) in [5, 5.41) is 5.94. The molecular weight excluding hydrogens is 224 g/mol. The lowest BCUT2D eigenvalue weighted by Crippen LogP contribution is -2.52. The first-order valence-corrected chi connectivity index (χ1v) is 6.32. The average molecular weight is 240 g/mol. The molecule has 2 heterocycles. The molecule has 1 aromatic rings. The highest BCUT2D eigenvalue weighted by Crippen LogP contribution is 2.28. The van der Waals surface area contributed by atoms with E-state index in [0.29, 0.717) is 13.2 Å². The molecule has 2 rings (SSSR count). The number of carbonyl (C=O) groups excluding carboxylic acids is 1. The van der Waals surface area contributed by atoms with E-state index in [1.807, 2.05) is 19.2 Å². The van der Waals surface area contributed by atoms with Gasteiger partial charge in [0.2, 0.25) is 5.91 Å². The van der Waals surface area contributed by atoms with Crippen molar-refractivity contribution < 1.29 is 9.53 Å². The lowest BCUT2D eigenvalue weighted by molar-refractivity contribution is -0.158. The fraction of sp³-hybridized carbons (Fsp3) is 0.636. The van der Waals surface area contributed by atoms with Gasteiger partial charge >= 0.3 is 0 Å². The first kappa shape index (κ1) is 11.5. The van der Waals surface area contributed by atoms with Gasteiger partial charge in [0.25, 0.3) is 0 Å². The molecule has 1 atom stereocenters. The maximum Gasteiger partial charge on any atom is 0.231 e. The van der Waals surface area contributed by atoms with Crippen LogP contribution in [0.2, 0.25) is 0 Å². The van der Waals surface area contributed by atoms with E-state index in [1.54, 1.807) is 17.5 Å². The predicted octanol–water partition coefficient (Wildman–Crippen LogP) is 1.75. The lowest BCUT2D eigenvalue weighted by Gasteiger charge is -2.37. The van der Waals surface area contributed by atoms with Crippen molar-refractivity contribution in [1.82, 2.24) is 10.3 Å². The van der Waals surface area contributed by atoms with Gasteiger partial charge in [-0.15, -0.1) is 11.3 Å². The maximum absolute atomic E-state index is 12.0. The molecule has 0 unspecified atom stereocenters. The smallest absolute Gasteiger partial charge is 0.231 e. The highest BCUT2D eigenvalue weighted by Gasteiger charge is 2.41. The molecule has 1 fully saturated rings. The molecule has 0 saturated carbocycles. The minimum absolute atomic E-state index is 0.0323. The first-order valence-electron chi connectivity index (χ1n) is 5.44. The predicted molar refractivity (Wildman–Crippen MR) is 62.2 cm³/mol. The Balaban J connectivity index is 1.99. The highest BCUT2D eigenvalue weighted by atomic mass is 32.1. The van der Waals surface area contributed by atoms with Crippen LogP contribution in [0.1, 0.15) is 31.3 Å². The zero-order valence-electron chi connectivity index (χ0n) is 9.53. The fourth-order valence-corrected chi connectivity index (χ4v) is 2.39. The van der Waals surface area contributed by atoms with Gasteiger partial charge in [-0.1, -0.05) is 6.92 Å². The van der Waals surface area contributed by atoms with Gasteiger partial charge in [0.15, 0.2) is 0 Å². The Kier molecular flexibility index (Phi) is 3.25. The van der Waals surface area contributed by atoms with Crippen LogP contribution in [0.5, 0.6) is 0 Å². The highest BCUT2D eigenvalue weighted by molar-refractivity contribution is 7.09. The summed E-state index contributed by atoms with van der Waals surface area (Å²) in [6.45, 7) is 5.02. The number of nitrogens with zero attached hydrogens (tertiary/aromatic N) is 1. The van der Waals surface area contributed by atoms with Crippen LogP contribution in [0.25, 0.3) is 0 Å². The van der Waals surface area contributed by atoms with Gasteiger partial charge in [-0.05, 0) is 13.3 Å². The minimum atomic E-state index is -0.343. The molecule has 0 bridgehead atoms. The summed E-state index contributed by atoms with van der Waals surface area (Å²) >= 11 is 1.58. The van der Waals surface area contributed by atoms with Crippen molar-refractivity contribution in [3.63, 3.8) is 0 Å². The third-order valence-corrected chi connectivity index (χ3v) is 3.74. The van der Waals surface area contributed by atoms with E-state index in [1.165, 1.54) is 0 Å². The van der Waals surface area contributed by atoms with Crippen LogP contribution in [0.15, 0.2) is 11.6 Å². The standard InChI is InChI=1S/C11H16N2O2S/c1-3-8(9-12-4-5-16-9)13-10(14)11(2)6-15-7-11/h4-5,8H,3,6-7H2,1-2H3,(H,13,14)/t8-/m0/s1. The van der Waals surface area contributed by atoms with E-state index in [9.17, 15) is 4.79 Å². The summed E-state index contributed by atoms with van der Waals surface area (Å²) in [7, 11) is 0. The third-order valence-electron chi connectivity index (χ3n) is 2.85. The van der Waals surface area contributed by atoms with Crippen molar-refractivity contribution in [2.45, 2.75) is 26.3 Å². The molecule has 1 aliphatic heterocycles. The molecule has 0 aliphatic carbocycles. The number of rotatable bonds is 4. The van der Waals surface area contributed by atoms with Gasteiger partial charge in [-0.2, -0.15) is 0 Å². The number of aromatic nitrogens is 1. The number of carbonyl (C=O) groups is 1. The van der Waals surface area contributed by atoms with E-state index in [0.717, 1.165) is 11.4 Å². The molecule has 5 heteroatoms. The molecule has 0 radical (unpaired) electrons. The van der Waals surface area contributed by atoms with E-state index in [4.69, 9.17) is 4.74 Å². The van der Waals surface area contributed by atoms with Crippen LogP contribution < -0.4 is 5.32 Å². The SMILES string of the molecule is CC[C@H](NC(=O)C1(C)COC1)c1nccs1. The second kappa shape index (κ2) is 4.51. The summed E-state index contributed by atoms with van der Waals surface area (Å²) in [6, 6.07) is 0.0323. The van der Waals surface area contributed by atoms with Crippen LogP contribution in [0.4, 0.5) is 0 Å². The second-order valence-electron chi connectivity index (χ2n) is 4.36. The molecule has 4 nitrogen and oxygen atoms in total. The number of hydrogen-bond acceptors (Lipinski definition) is 4. The minimum Gasteiger partial charge on any atom is -0.379 e. The van der Waals surface area contributed by atoms with Crippen molar-refractivity contribution in [2.75, 3.05) is 13.2 Å². The van der Waals surface area contributed by atoms with Crippen molar-refractivity contribution in [1.29, 1.82) is 0 Å². The molecular formula is C11H16N2O2S. The summed E-state index contributed by atoms with van der Waals surface area (Å²) in [4.78, 5) is 16.2. The zero-order chi connectivity index (χ0) is 11.6. The molecule has 1 saturated heterocycles. The number of thiazole rings is 1. The lowest BCUT2D eigenvalue weighted by atomic mass is 9.87. The maximum atomic E-state index is 12.0. The zero-order valence-corrected chi connectivity index (χ0v) is 10.3. The van der Waals surface area contributed by atoms with Crippen molar-refractivity contribution >= 4 is 17.2 Å². The summed E-state index contributed by atoms with van der Waals surface area (Å²) in [5.74, 6) is 0.0702. The van der Waals surface area contributed by atoms with Crippen LogP contribution in [0.3, 0.4) is 0 Å². The summed E-state index contributed by atoms with van der Waals surface area (Å²) in [5.41, 5.74) is -0.343. The molecule has 1 aliphatic rings. The van der Waals surface area contributed by atoms with Crippen LogP contribution >= 0.6 is 11.3 Å². The van der Waals surface area contributed by atoms with Gasteiger partial charge in [0.1, 0.15) is 5.01 Å². The Morgan fingerprint density at radius 3 is 2.94 bits per heavy atom. The number of amides is 1. The Bertz CT molecular complexity index is 360. The van der Waals surface area contributed by atoms with Crippen molar-refractivity contribution in [3.05, 3.63) is 16.6 Å². The Morgan fingerprint density at radius 2 is 2.50 bits per heavy atom. The quantitative estimate of drug-likeness (QED) is 0.872. The average Bonchev–Trinajstić information content (AvgIpc) is 2.75. The normalized spacial score (nSPS) is 19.9. The second-order valence-corrected chi connectivity index (χ2v) is 5.28. The summed E-state index contributed by atoms with van der Waals surface area (Å²) in [6.07, 6.45) is 2.62. The summed E-state index contributed by atoms with van der Waals surface area (Å²) < 4.78 is 5.09. The van der Waals surface area contributed by atoms with Crippen LogP contribution in [-0.2, 0) is 9.53 Å². The Labute approximate surface area is 99.0 Å². The molecule has 1 amide bonds. The van der Waals surface area contributed by atoms with Crippen molar-refractivity contribution in [3.8, 4) is 0 Å². The third kappa shape index (κ3) is 2.10. The van der Waals surface area contributed by atoms with Gasteiger partial charge in [-0.3, -0.25) is 4.79 Å². The van der Waals surface area contributed by atoms with E-state index >= 15 is 0 Å². The largest absolute Gasteiger partial charge is 0.379 e.